The fourth-order valence-corrected chi connectivity index (χ4v) is 2.67. The Kier molecular flexibility index (Phi) is 4.11. The second-order valence-electron chi connectivity index (χ2n) is 5.52. The van der Waals surface area contributed by atoms with Gasteiger partial charge >= 0.3 is 0 Å². The molecule has 2 aromatic rings. The lowest BCUT2D eigenvalue weighted by Gasteiger charge is -2.34. The van der Waals surface area contributed by atoms with Crippen LogP contribution in [0, 0.1) is 0 Å². The zero-order chi connectivity index (χ0) is 15.5. The summed E-state index contributed by atoms with van der Waals surface area (Å²) < 4.78 is 0. The first-order valence-electron chi connectivity index (χ1n) is 7.46. The quantitative estimate of drug-likeness (QED) is 0.898. The molecule has 3 rings (SSSR count). The van der Waals surface area contributed by atoms with Gasteiger partial charge in [-0.2, -0.15) is 0 Å². The average molecular weight is 299 g/mol. The van der Waals surface area contributed by atoms with Gasteiger partial charge in [0.25, 0.3) is 0 Å². The minimum Gasteiger partial charge on any atom is -0.507 e. The number of rotatable bonds is 3. The van der Waals surface area contributed by atoms with E-state index in [2.05, 4.69) is 32.4 Å². The molecule has 1 aliphatic rings. The van der Waals surface area contributed by atoms with Crippen LogP contribution in [0.15, 0.2) is 30.3 Å². The van der Waals surface area contributed by atoms with Crippen LogP contribution < -0.4 is 10.2 Å². The highest BCUT2D eigenvalue weighted by Gasteiger charge is 2.19. The van der Waals surface area contributed by atoms with Crippen molar-refractivity contribution < 1.29 is 5.11 Å². The Labute approximate surface area is 130 Å². The van der Waals surface area contributed by atoms with Crippen molar-refractivity contribution >= 4 is 11.5 Å². The van der Waals surface area contributed by atoms with Crippen molar-refractivity contribution in [3.63, 3.8) is 0 Å². The summed E-state index contributed by atoms with van der Waals surface area (Å²) in [6.45, 7) is 3.96. The number of hydrogen-bond donors (Lipinski definition) is 2. The number of phenols is 1. The molecule has 0 aliphatic carbocycles. The van der Waals surface area contributed by atoms with Crippen LogP contribution in [-0.4, -0.2) is 60.5 Å². The molecule has 1 fully saturated rings. The van der Waals surface area contributed by atoms with Crippen molar-refractivity contribution in [2.45, 2.75) is 0 Å². The van der Waals surface area contributed by atoms with E-state index < -0.39 is 0 Å². The van der Waals surface area contributed by atoms with Gasteiger partial charge in [0.2, 0.25) is 0 Å². The lowest BCUT2D eigenvalue weighted by atomic mass is 10.1. The maximum absolute atomic E-state index is 10.0. The van der Waals surface area contributed by atoms with E-state index in [1.54, 1.807) is 12.1 Å². The number of likely N-dealkylation sites (N-methyl/N-ethyl adjacent to an activating group) is 1. The Balaban J connectivity index is 1.98. The second kappa shape index (κ2) is 6.19. The molecule has 6 nitrogen and oxygen atoms in total. The average Bonchev–Trinajstić information content (AvgIpc) is 2.55. The van der Waals surface area contributed by atoms with Gasteiger partial charge in [0, 0.05) is 38.8 Å². The molecule has 1 aromatic carbocycles. The van der Waals surface area contributed by atoms with Gasteiger partial charge in [0.1, 0.15) is 5.75 Å². The Morgan fingerprint density at radius 3 is 2.50 bits per heavy atom. The fraction of sp³-hybridized carbons (Fsp3) is 0.375. The van der Waals surface area contributed by atoms with Gasteiger partial charge < -0.3 is 20.2 Å². The Morgan fingerprint density at radius 2 is 1.82 bits per heavy atom. The van der Waals surface area contributed by atoms with Crippen molar-refractivity contribution in [3.8, 4) is 17.0 Å². The summed E-state index contributed by atoms with van der Waals surface area (Å²) in [6.07, 6.45) is 0. The van der Waals surface area contributed by atoms with Crippen LogP contribution in [0.3, 0.4) is 0 Å². The van der Waals surface area contributed by atoms with Gasteiger partial charge in [-0.15, -0.1) is 10.2 Å². The summed E-state index contributed by atoms with van der Waals surface area (Å²) in [6, 6.07) is 9.21. The van der Waals surface area contributed by atoms with Crippen molar-refractivity contribution in [1.29, 1.82) is 0 Å². The smallest absolute Gasteiger partial charge is 0.172 e. The van der Waals surface area contributed by atoms with Gasteiger partial charge in [-0.3, -0.25) is 0 Å². The summed E-state index contributed by atoms with van der Waals surface area (Å²) in [4.78, 5) is 4.62. The number of nitrogens with one attached hydrogen (secondary N) is 1. The van der Waals surface area contributed by atoms with Crippen molar-refractivity contribution in [2.75, 3.05) is 50.5 Å². The van der Waals surface area contributed by atoms with Crippen LogP contribution in [0.2, 0.25) is 0 Å². The van der Waals surface area contributed by atoms with Crippen LogP contribution >= 0.6 is 0 Å². The van der Waals surface area contributed by atoms with Gasteiger partial charge in [0.15, 0.2) is 5.82 Å². The number of aromatic nitrogens is 2. The highest BCUT2D eigenvalue weighted by molar-refractivity contribution is 5.74. The summed E-state index contributed by atoms with van der Waals surface area (Å²) in [5, 5.41) is 21.7. The fourth-order valence-electron chi connectivity index (χ4n) is 2.67. The molecule has 116 valence electrons. The predicted molar refractivity (Wildman–Crippen MR) is 88.4 cm³/mol. The molecule has 1 aromatic heterocycles. The zero-order valence-electron chi connectivity index (χ0n) is 13.0. The summed E-state index contributed by atoms with van der Waals surface area (Å²) in [5.41, 5.74) is 2.42. The molecule has 0 spiro atoms. The van der Waals surface area contributed by atoms with Gasteiger partial charge in [0.05, 0.1) is 11.4 Å². The van der Waals surface area contributed by atoms with Crippen molar-refractivity contribution in [1.82, 2.24) is 15.1 Å². The first-order chi connectivity index (χ1) is 10.7. The summed E-state index contributed by atoms with van der Waals surface area (Å²) in [7, 11) is 3.98. The number of piperazine rings is 1. The highest BCUT2D eigenvalue weighted by atomic mass is 16.3. The largest absolute Gasteiger partial charge is 0.507 e. The van der Waals surface area contributed by atoms with Crippen LogP contribution in [-0.2, 0) is 0 Å². The maximum atomic E-state index is 10.0. The van der Waals surface area contributed by atoms with Gasteiger partial charge in [-0.05, 0) is 25.2 Å². The minimum absolute atomic E-state index is 0.221. The summed E-state index contributed by atoms with van der Waals surface area (Å²) >= 11 is 0. The van der Waals surface area contributed by atoms with E-state index in [1.165, 1.54) is 0 Å². The van der Waals surface area contributed by atoms with Crippen LogP contribution in [0.1, 0.15) is 0 Å². The highest BCUT2D eigenvalue weighted by Crippen LogP contribution is 2.32. The number of phenolic OH excluding ortho intramolecular Hbond substituents is 1. The lowest BCUT2D eigenvalue weighted by molar-refractivity contribution is 0.313. The first-order valence-corrected chi connectivity index (χ1v) is 7.46. The Bertz CT molecular complexity index is 653. The second-order valence-corrected chi connectivity index (χ2v) is 5.52. The van der Waals surface area contributed by atoms with Gasteiger partial charge in [-0.25, -0.2) is 0 Å². The standard InChI is InChI=1S/C16H21N5O/c1-17-16-14(21-9-7-20(2)8-10-21)11-13(18-19-16)12-5-3-4-6-15(12)22/h3-6,11,22H,7-10H2,1-2H3,(H,17,19). The van der Waals surface area contributed by atoms with E-state index in [9.17, 15) is 5.11 Å². The Hall–Kier alpha value is -2.34. The Morgan fingerprint density at radius 1 is 1.09 bits per heavy atom. The molecule has 2 heterocycles. The van der Waals surface area contributed by atoms with E-state index in [4.69, 9.17) is 0 Å². The third-order valence-corrected chi connectivity index (χ3v) is 4.03. The topological polar surface area (TPSA) is 64.5 Å². The van der Waals surface area contributed by atoms with Crippen molar-refractivity contribution in [2.24, 2.45) is 0 Å². The maximum Gasteiger partial charge on any atom is 0.172 e. The molecule has 0 radical (unpaired) electrons. The molecule has 0 unspecified atom stereocenters. The SMILES string of the molecule is CNc1nnc(-c2ccccc2O)cc1N1CCN(C)CC1. The van der Waals surface area contributed by atoms with E-state index in [-0.39, 0.29) is 5.75 Å². The third-order valence-electron chi connectivity index (χ3n) is 4.03. The van der Waals surface area contributed by atoms with E-state index in [0.717, 1.165) is 37.7 Å². The normalized spacial score (nSPS) is 15.8. The predicted octanol–water partition coefficient (Wildman–Crippen LogP) is 1.64. The molecule has 1 aliphatic heterocycles. The third kappa shape index (κ3) is 2.82. The van der Waals surface area contributed by atoms with E-state index in [0.29, 0.717) is 11.3 Å². The molecular formula is C16H21N5O. The number of anilines is 2. The van der Waals surface area contributed by atoms with E-state index >= 15 is 0 Å². The van der Waals surface area contributed by atoms with Crippen LogP contribution in [0.5, 0.6) is 5.75 Å². The molecule has 1 saturated heterocycles. The monoisotopic (exact) mass is 299 g/mol. The number of hydrogen-bond acceptors (Lipinski definition) is 6. The number of aromatic hydroxyl groups is 1. The van der Waals surface area contributed by atoms with Gasteiger partial charge in [-0.1, -0.05) is 12.1 Å². The lowest BCUT2D eigenvalue weighted by Crippen LogP contribution is -2.44. The molecule has 0 saturated carbocycles. The first kappa shape index (κ1) is 14.6. The molecular weight excluding hydrogens is 278 g/mol. The number of nitrogens with zero attached hydrogens (tertiary/aromatic N) is 4. The van der Waals surface area contributed by atoms with Crippen LogP contribution in [0.25, 0.3) is 11.3 Å². The molecule has 0 amide bonds. The molecule has 6 heteroatoms. The number of para-hydroxylation sites is 1. The minimum atomic E-state index is 0.221. The molecule has 22 heavy (non-hydrogen) atoms. The molecule has 0 atom stereocenters. The summed E-state index contributed by atoms with van der Waals surface area (Å²) in [5.74, 6) is 0.988. The number of benzene rings is 1. The molecule has 0 bridgehead atoms. The van der Waals surface area contributed by atoms with Crippen molar-refractivity contribution in [3.05, 3.63) is 30.3 Å². The van der Waals surface area contributed by atoms with E-state index in [1.807, 2.05) is 25.2 Å². The zero-order valence-corrected chi connectivity index (χ0v) is 13.0. The van der Waals surface area contributed by atoms with Crippen LogP contribution in [0.4, 0.5) is 11.5 Å². The molecule has 2 N–H and O–H groups in total.